The maximum atomic E-state index is 12.5. The van der Waals surface area contributed by atoms with Crippen LogP contribution in [0.15, 0.2) is 34.8 Å². The fourth-order valence-corrected chi connectivity index (χ4v) is 3.55. The van der Waals surface area contributed by atoms with E-state index < -0.39 is 11.8 Å². The lowest BCUT2D eigenvalue weighted by Crippen LogP contribution is -2.34. The number of ether oxygens (including phenoxy) is 3. The molecule has 30 heavy (non-hydrogen) atoms. The van der Waals surface area contributed by atoms with Gasteiger partial charge in [-0.25, -0.2) is 0 Å². The van der Waals surface area contributed by atoms with Gasteiger partial charge in [-0.1, -0.05) is 15.9 Å². The van der Waals surface area contributed by atoms with Crippen LogP contribution in [0.5, 0.6) is 17.2 Å². The van der Waals surface area contributed by atoms with Gasteiger partial charge >= 0.3 is 0 Å². The maximum absolute atomic E-state index is 12.5. The van der Waals surface area contributed by atoms with Crippen molar-refractivity contribution in [1.29, 1.82) is 0 Å². The minimum Gasteiger partial charge on any atom is -0.496 e. The van der Waals surface area contributed by atoms with Crippen LogP contribution in [0.4, 0.5) is 0 Å². The number of rotatable bonds is 8. The first-order valence-electron chi connectivity index (χ1n) is 9.11. The second kappa shape index (κ2) is 9.17. The molecule has 8 nitrogen and oxygen atoms in total. The Balaban J connectivity index is 1.61. The van der Waals surface area contributed by atoms with Crippen molar-refractivity contribution in [3.05, 3.63) is 51.5 Å². The normalized spacial score (nSPS) is 12.6. The van der Waals surface area contributed by atoms with Gasteiger partial charge in [-0.15, -0.1) is 0 Å². The molecule has 0 fully saturated rings. The van der Waals surface area contributed by atoms with Crippen LogP contribution >= 0.6 is 15.9 Å². The summed E-state index contributed by atoms with van der Waals surface area (Å²) in [6, 6.07) is 8.32. The van der Waals surface area contributed by atoms with Gasteiger partial charge in [0.2, 0.25) is 5.91 Å². The van der Waals surface area contributed by atoms with Gasteiger partial charge in [0, 0.05) is 35.6 Å². The summed E-state index contributed by atoms with van der Waals surface area (Å²) in [6.07, 6.45) is -0.0117. The van der Waals surface area contributed by atoms with Crippen molar-refractivity contribution < 1.29 is 28.6 Å². The van der Waals surface area contributed by atoms with Gasteiger partial charge < -0.3 is 19.5 Å². The number of carbonyl (C=O) groups excluding carboxylic acids is 3. The summed E-state index contributed by atoms with van der Waals surface area (Å²) in [7, 11) is 4.57. The number of hydrogen-bond acceptors (Lipinski definition) is 6. The predicted octanol–water partition coefficient (Wildman–Crippen LogP) is 2.78. The van der Waals surface area contributed by atoms with E-state index in [1.807, 2.05) is 0 Å². The van der Waals surface area contributed by atoms with Crippen molar-refractivity contribution in [2.75, 3.05) is 27.9 Å². The number of nitrogens with zero attached hydrogens (tertiary/aromatic N) is 1. The number of imide groups is 1. The van der Waals surface area contributed by atoms with Gasteiger partial charge in [0.1, 0.15) is 5.75 Å². The molecule has 3 amide bonds. The van der Waals surface area contributed by atoms with Crippen LogP contribution in [0, 0.1) is 0 Å². The second-order valence-corrected chi connectivity index (χ2v) is 7.41. The molecule has 2 aromatic rings. The van der Waals surface area contributed by atoms with E-state index in [9.17, 15) is 14.4 Å². The Morgan fingerprint density at radius 3 is 2.23 bits per heavy atom. The number of amides is 3. The van der Waals surface area contributed by atoms with Crippen LogP contribution < -0.4 is 19.5 Å². The molecule has 0 aromatic heterocycles. The van der Waals surface area contributed by atoms with Gasteiger partial charge in [0.05, 0.1) is 32.5 Å². The van der Waals surface area contributed by atoms with E-state index in [-0.39, 0.29) is 25.4 Å². The van der Waals surface area contributed by atoms with E-state index in [4.69, 9.17) is 14.2 Å². The molecular formula is C21H21BrN2O6. The highest BCUT2D eigenvalue weighted by atomic mass is 79.9. The topological polar surface area (TPSA) is 94.2 Å². The fourth-order valence-electron chi connectivity index (χ4n) is 3.19. The molecule has 9 heteroatoms. The Labute approximate surface area is 182 Å². The van der Waals surface area contributed by atoms with Gasteiger partial charge in [0.25, 0.3) is 11.8 Å². The highest BCUT2D eigenvalue weighted by molar-refractivity contribution is 9.10. The maximum Gasteiger partial charge on any atom is 0.261 e. The summed E-state index contributed by atoms with van der Waals surface area (Å²) >= 11 is 3.29. The van der Waals surface area contributed by atoms with Crippen LogP contribution in [0.3, 0.4) is 0 Å². The van der Waals surface area contributed by atoms with Gasteiger partial charge in [0.15, 0.2) is 11.5 Å². The molecule has 0 saturated heterocycles. The van der Waals surface area contributed by atoms with Crippen molar-refractivity contribution in [2.24, 2.45) is 0 Å². The second-order valence-electron chi connectivity index (χ2n) is 6.50. The lowest BCUT2D eigenvalue weighted by Gasteiger charge is -2.16. The third kappa shape index (κ3) is 4.25. The summed E-state index contributed by atoms with van der Waals surface area (Å²) < 4.78 is 16.6. The molecule has 0 aliphatic carbocycles. The SMILES string of the molecule is COc1cc(OC)c(OC)cc1CNC(=O)CCN1C(=O)c2ccc(Br)cc2C1=O. The molecule has 0 spiro atoms. The zero-order chi connectivity index (χ0) is 21.8. The van der Waals surface area contributed by atoms with E-state index in [1.165, 1.54) is 21.3 Å². The number of methoxy groups -OCH3 is 3. The van der Waals surface area contributed by atoms with Gasteiger partial charge in [-0.3, -0.25) is 19.3 Å². The predicted molar refractivity (Wildman–Crippen MR) is 112 cm³/mol. The Morgan fingerprint density at radius 1 is 0.933 bits per heavy atom. The van der Waals surface area contributed by atoms with Crippen LogP contribution in [0.1, 0.15) is 32.7 Å². The number of carbonyl (C=O) groups is 3. The van der Waals surface area contributed by atoms with E-state index in [0.29, 0.717) is 38.4 Å². The monoisotopic (exact) mass is 476 g/mol. The minimum atomic E-state index is -0.398. The standard InChI is InChI=1S/C21H21BrN2O6/c1-28-16-10-18(30-3)17(29-2)8-12(16)11-23-19(25)6-7-24-20(26)14-5-4-13(22)9-15(14)21(24)27/h4-5,8-10H,6-7,11H2,1-3H3,(H,23,25). The third-order valence-corrected chi connectivity index (χ3v) is 5.25. The Bertz CT molecular complexity index is 1010. The lowest BCUT2D eigenvalue weighted by molar-refractivity contribution is -0.121. The molecule has 0 unspecified atom stereocenters. The smallest absolute Gasteiger partial charge is 0.261 e. The number of benzene rings is 2. The van der Waals surface area contributed by atoms with Crippen LogP contribution in [-0.4, -0.2) is 50.5 Å². The van der Waals surface area contributed by atoms with Crippen molar-refractivity contribution in [3.63, 3.8) is 0 Å². The van der Waals surface area contributed by atoms with Crippen LogP contribution in [0.25, 0.3) is 0 Å². The van der Waals surface area contributed by atoms with Gasteiger partial charge in [-0.05, 0) is 24.3 Å². The number of fused-ring (bicyclic) bond motifs is 1. The third-order valence-electron chi connectivity index (χ3n) is 4.76. The molecule has 1 aliphatic rings. The first kappa shape index (κ1) is 21.6. The zero-order valence-electron chi connectivity index (χ0n) is 16.8. The van der Waals surface area contributed by atoms with E-state index in [2.05, 4.69) is 21.2 Å². The first-order chi connectivity index (χ1) is 14.4. The van der Waals surface area contributed by atoms with Crippen molar-refractivity contribution in [2.45, 2.75) is 13.0 Å². The average Bonchev–Trinajstić information content (AvgIpc) is 2.99. The summed E-state index contributed by atoms with van der Waals surface area (Å²) in [6.45, 7) is 0.191. The molecule has 0 radical (unpaired) electrons. The summed E-state index contributed by atoms with van der Waals surface area (Å²) in [5, 5.41) is 2.77. The molecule has 1 heterocycles. The zero-order valence-corrected chi connectivity index (χ0v) is 18.4. The summed E-state index contributed by atoms with van der Waals surface area (Å²) in [4.78, 5) is 38.3. The highest BCUT2D eigenvalue weighted by Gasteiger charge is 2.35. The molecule has 158 valence electrons. The quantitative estimate of drug-likeness (QED) is 0.588. The van der Waals surface area contributed by atoms with E-state index in [1.54, 1.807) is 30.3 Å². The molecule has 2 aromatic carbocycles. The van der Waals surface area contributed by atoms with Crippen molar-refractivity contribution in [3.8, 4) is 17.2 Å². The molecule has 1 aliphatic heterocycles. The minimum absolute atomic E-state index is 0.00112. The Hall–Kier alpha value is -3.07. The van der Waals surface area contributed by atoms with E-state index in [0.717, 1.165) is 4.90 Å². The first-order valence-corrected chi connectivity index (χ1v) is 9.90. The molecule has 1 N–H and O–H groups in total. The summed E-state index contributed by atoms with van der Waals surface area (Å²) in [5.41, 5.74) is 1.39. The summed E-state index contributed by atoms with van der Waals surface area (Å²) in [5.74, 6) is 0.479. The molecule has 0 saturated carbocycles. The van der Waals surface area contributed by atoms with E-state index >= 15 is 0 Å². The van der Waals surface area contributed by atoms with Gasteiger partial charge in [-0.2, -0.15) is 0 Å². The Morgan fingerprint density at radius 2 is 1.57 bits per heavy atom. The fraction of sp³-hybridized carbons (Fsp3) is 0.286. The van der Waals surface area contributed by atoms with Crippen LogP contribution in [-0.2, 0) is 11.3 Å². The highest BCUT2D eigenvalue weighted by Crippen LogP contribution is 2.34. The molecule has 0 bridgehead atoms. The molecule has 0 atom stereocenters. The van der Waals surface area contributed by atoms with Crippen molar-refractivity contribution >= 4 is 33.7 Å². The average molecular weight is 477 g/mol. The van der Waals surface area contributed by atoms with Crippen molar-refractivity contribution in [1.82, 2.24) is 10.2 Å². The van der Waals surface area contributed by atoms with Crippen LogP contribution in [0.2, 0.25) is 0 Å². The lowest BCUT2D eigenvalue weighted by atomic mass is 10.1. The Kier molecular flexibility index (Phi) is 6.61. The number of halogens is 1. The number of hydrogen-bond donors (Lipinski definition) is 1. The number of nitrogens with one attached hydrogen (secondary N) is 1. The molecule has 3 rings (SSSR count). The largest absolute Gasteiger partial charge is 0.496 e. The molecular weight excluding hydrogens is 456 g/mol.